The first-order chi connectivity index (χ1) is 17.7. The van der Waals surface area contributed by atoms with Gasteiger partial charge in [-0.05, 0) is 42.6 Å². The van der Waals surface area contributed by atoms with Gasteiger partial charge in [0.25, 0.3) is 0 Å². The summed E-state index contributed by atoms with van der Waals surface area (Å²) in [5.41, 5.74) is 7.64. The van der Waals surface area contributed by atoms with Crippen LogP contribution < -0.4 is 0 Å². The van der Waals surface area contributed by atoms with Gasteiger partial charge in [0, 0.05) is 22.9 Å². The summed E-state index contributed by atoms with van der Waals surface area (Å²) < 4.78 is 7.33. The number of rotatable bonds is 2. The molecule has 7 rings (SSSR count). The number of benzene rings is 3. The molecule has 0 N–H and O–H groups in total. The van der Waals surface area contributed by atoms with Crippen molar-refractivity contribution in [2.24, 2.45) is 0 Å². The second-order valence-corrected chi connectivity index (χ2v) is 9.50. The fourth-order valence-electron chi connectivity index (χ4n) is 4.22. The first kappa shape index (κ1) is 25.0. The van der Waals surface area contributed by atoms with Crippen molar-refractivity contribution in [3.63, 3.8) is 0 Å². The Kier molecular flexibility index (Phi) is 7.29. The van der Waals surface area contributed by atoms with Gasteiger partial charge in [-0.1, -0.05) is 28.3 Å². The van der Waals surface area contributed by atoms with Gasteiger partial charge in [-0.2, -0.15) is 41.2 Å². The third kappa shape index (κ3) is 4.99. The minimum absolute atomic E-state index is 0. The molecular weight excluding hydrogens is 653 g/mol. The van der Waals surface area contributed by atoms with Crippen molar-refractivity contribution in [2.75, 3.05) is 0 Å². The maximum absolute atomic E-state index is 6.09. The molecule has 0 unspecified atom stereocenters. The Labute approximate surface area is 233 Å². The maximum atomic E-state index is 6.09. The summed E-state index contributed by atoms with van der Waals surface area (Å²) in [4.78, 5) is 8.83. The van der Waals surface area contributed by atoms with Gasteiger partial charge < -0.3 is 9.40 Å². The summed E-state index contributed by atoms with van der Waals surface area (Å²) >= 11 is 1.73. The predicted octanol–water partition coefficient (Wildman–Crippen LogP) is 8.63. The molecule has 0 spiro atoms. The van der Waals surface area contributed by atoms with E-state index in [1.165, 1.54) is 15.6 Å². The number of furan rings is 1. The monoisotopic (exact) mass is 674 g/mol. The normalized spacial score (nSPS) is 10.8. The summed E-state index contributed by atoms with van der Waals surface area (Å²) in [7, 11) is 0. The number of hydrogen-bond donors (Lipinski definition) is 0. The Bertz CT molecular complexity index is 1800. The number of hydrogen-bond acceptors (Lipinski definition) is 4. The van der Waals surface area contributed by atoms with Crippen molar-refractivity contribution in [1.82, 2.24) is 9.97 Å². The number of thiophene rings is 1. The molecule has 0 bridgehead atoms. The molecule has 4 aromatic heterocycles. The molecule has 0 aliphatic rings. The summed E-state index contributed by atoms with van der Waals surface area (Å²) in [6, 6.07) is 36.0. The van der Waals surface area contributed by atoms with Crippen molar-refractivity contribution in [1.29, 1.82) is 0 Å². The standard InChI is InChI=1S/C20H11NOS.C12H10N.Ir/c1-12-8-9-17-16-6-2-5-15(19(16)22-20(17)21-12)13-4-3-7-18-14(13)10-11-23-18;1-10-7-8-12(13-9-10)11-5-3-2-4-6-11;/h2-3,6-11H,1H3;2-5,7-9H,1H3;/q-2;-1;+3. The summed E-state index contributed by atoms with van der Waals surface area (Å²) in [5.74, 6) is 0. The molecular formula is C32H21IrN2OS. The molecule has 5 heteroatoms. The van der Waals surface area contributed by atoms with Crippen LogP contribution in [0.3, 0.4) is 0 Å². The van der Waals surface area contributed by atoms with Gasteiger partial charge in [0.15, 0.2) is 0 Å². The Morgan fingerprint density at radius 2 is 1.62 bits per heavy atom. The largest absolute Gasteiger partial charge is 3.00 e. The third-order valence-corrected chi connectivity index (χ3v) is 6.89. The Morgan fingerprint density at radius 3 is 2.43 bits per heavy atom. The Morgan fingerprint density at radius 1 is 0.757 bits per heavy atom. The Balaban J connectivity index is 0.000000172. The van der Waals surface area contributed by atoms with Crippen molar-refractivity contribution < 1.29 is 24.5 Å². The molecule has 0 atom stereocenters. The summed E-state index contributed by atoms with van der Waals surface area (Å²) in [6.07, 6.45) is 1.87. The van der Waals surface area contributed by atoms with Crippen molar-refractivity contribution in [3.8, 4) is 22.4 Å². The van der Waals surface area contributed by atoms with E-state index in [1.54, 1.807) is 11.3 Å². The molecule has 180 valence electrons. The molecule has 0 aliphatic heterocycles. The smallest absolute Gasteiger partial charge is 0.496 e. The van der Waals surface area contributed by atoms with Gasteiger partial charge in [-0.25, -0.2) is 10.5 Å². The first-order valence-corrected chi connectivity index (χ1v) is 12.5. The minimum Gasteiger partial charge on any atom is -0.496 e. The predicted molar refractivity (Wildman–Crippen MR) is 148 cm³/mol. The first-order valence-electron chi connectivity index (χ1n) is 11.7. The molecule has 37 heavy (non-hydrogen) atoms. The molecule has 0 fully saturated rings. The van der Waals surface area contributed by atoms with Gasteiger partial charge in [0.2, 0.25) is 5.71 Å². The number of aryl methyl sites for hydroxylation is 2. The molecule has 3 nitrogen and oxygen atoms in total. The molecule has 0 saturated carbocycles. The van der Waals surface area contributed by atoms with Crippen LogP contribution in [0.5, 0.6) is 0 Å². The number of pyridine rings is 2. The number of aromatic nitrogens is 2. The van der Waals surface area contributed by atoms with Crippen LogP contribution in [0.2, 0.25) is 0 Å². The average molecular weight is 674 g/mol. The zero-order valence-electron chi connectivity index (χ0n) is 20.2. The molecule has 0 amide bonds. The SMILES string of the molecule is Cc1ccc(-c2[c-]cccc2)nc1.Cc1ccc2c(n1)oc1c(-c3[c-]ccc4sccc34)[c-]ccc12.[Ir+3]. The number of nitrogens with zero attached hydrogens (tertiary/aromatic N) is 2. The van der Waals surface area contributed by atoms with Gasteiger partial charge in [0.05, 0.1) is 0 Å². The van der Waals surface area contributed by atoms with E-state index < -0.39 is 0 Å². The van der Waals surface area contributed by atoms with E-state index in [9.17, 15) is 0 Å². The molecule has 7 aromatic rings. The van der Waals surface area contributed by atoms with E-state index in [4.69, 9.17) is 4.42 Å². The second kappa shape index (κ2) is 10.8. The van der Waals surface area contributed by atoms with Crippen LogP contribution in [0.15, 0.2) is 94.9 Å². The molecule has 0 aliphatic carbocycles. The van der Waals surface area contributed by atoms with Crippen LogP contribution in [0.1, 0.15) is 11.3 Å². The van der Waals surface area contributed by atoms with Crippen molar-refractivity contribution in [3.05, 3.63) is 120 Å². The van der Waals surface area contributed by atoms with Crippen LogP contribution >= 0.6 is 11.3 Å². The van der Waals surface area contributed by atoms with Crippen LogP contribution in [-0.4, -0.2) is 9.97 Å². The van der Waals surface area contributed by atoms with Gasteiger partial charge in [0.1, 0.15) is 0 Å². The average Bonchev–Trinajstić information content (AvgIpc) is 3.54. The van der Waals surface area contributed by atoms with E-state index in [-0.39, 0.29) is 20.1 Å². The molecule has 4 heterocycles. The van der Waals surface area contributed by atoms with E-state index in [0.717, 1.165) is 44.4 Å². The molecule has 0 radical (unpaired) electrons. The second-order valence-electron chi connectivity index (χ2n) is 8.55. The van der Waals surface area contributed by atoms with Gasteiger partial charge in [-0.15, -0.1) is 53.4 Å². The zero-order valence-corrected chi connectivity index (χ0v) is 23.4. The van der Waals surface area contributed by atoms with E-state index in [1.807, 2.05) is 74.6 Å². The van der Waals surface area contributed by atoms with Crippen LogP contribution in [0.25, 0.3) is 54.5 Å². The fourth-order valence-corrected chi connectivity index (χ4v) is 5.02. The van der Waals surface area contributed by atoms with Gasteiger partial charge in [-0.3, -0.25) is 0 Å². The van der Waals surface area contributed by atoms with E-state index in [0.29, 0.717) is 5.71 Å². The number of fused-ring (bicyclic) bond motifs is 4. The fraction of sp³-hybridized carbons (Fsp3) is 0.0625. The zero-order chi connectivity index (χ0) is 24.5. The van der Waals surface area contributed by atoms with Gasteiger partial charge >= 0.3 is 20.1 Å². The van der Waals surface area contributed by atoms with Crippen molar-refractivity contribution >= 4 is 43.5 Å². The van der Waals surface area contributed by atoms with Crippen molar-refractivity contribution in [2.45, 2.75) is 13.8 Å². The topological polar surface area (TPSA) is 38.9 Å². The van der Waals surface area contributed by atoms with E-state index >= 15 is 0 Å². The third-order valence-electron chi connectivity index (χ3n) is 6.01. The van der Waals surface area contributed by atoms with Crippen LogP contribution in [0, 0.1) is 32.0 Å². The minimum atomic E-state index is 0. The van der Waals surface area contributed by atoms with E-state index in [2.05, 4.69) is 57.8 Å². The summed E-state index contributed by atoms with van der Waals surface area (Å²) in [5, 5.41) is 5.40. The molecule has 0 saturated heterocycles. The summed E-state index contributed by atoms with van der Waals surface area (Å²) in [6.45, 7) is 4.00. The maximum Gasteiger partial charge on any atom is 3.00 e. The molecule has 3 aromatic carbocycles. The quantitative estimate of drug-likeness (QED) is 0.173. The van der Waals surface area contributed by atoms with Crippen LogP contribution in [-0.2, 0) is 20.1 Å². The van der Waals surface area contributed by atoms with Crippen LogP contribution in [0.4, 0.5) is 0 Å². The Hall–Kier alpha value is -3.63.